The Morgan fingerprint density at radius 1 is 0.778 bits per heavy atom. The summed E-state index contributed by atoms with van der Waals surface area (Å²) < 4.78 is 39.6. The minimum Gasteiger partial charge on any atom is -0.207 e. The molecule has 2 rings (SSSR count). The van der Waals surface area contributed by atoms with Crippen molar-refractivity contribution in [3.63, 3.8) is 0 Å². The third-order valence-corrected chi connectivity index (χ3v) is 2.95. The van der Waals surface area contributed by atoms with E-state index < -0.39 is 11.6 Å². The molecule has 2 aromatic rings. The van der Waals surface area contributed by atoms with Crippen molar-refractivity contribution in [2.45, 2.75) is 19.8 Å². The normalized spacial score (nSPS) is 10.7. The molecule has 0 fully saturated rings. The number of aryl methyl sites for hydroxylation is 3. The van der Waals surface area contributed by atoms with Crippen LogP contribution < -0.4 is 0 Å². The molecule has 0 nitrogen and oxygen atoms in total. The van der Waals surface area contributed by atoms with Gasteiger partial charge in [-0.3, -0.25) is 0 Å². The second-order valence-corrected chi connectivity index (χ2v) is 4.30. The van der Waals surface area contributed by atoms with Crippen molar-refractivity contribution in [1.82, 2.24) is 0 Å². The molecule has 0 atom stereocenters. The van der Waals surface area contributed by atoms with Gasteiger partial charge in [-0.2, -0.15) is 0 Å². The molecule has 0 aliphatic heterocycles. The number of hydrogen-bond acceptors (Lipinski definition) is 0. The van der Waals surface area contributed by atoms with E-state index in [4.69, 9.17) is 0 Å². The van der Waals surface area contributed by atoms with E-state index >= 15 is 0 Å². The van der Waals surface area contributed by atoms with Gasteiger partial charge in [-0.05, 0) is 48.6 Å². The lowest BCUT2D eigenvalue weighted by Gasteiger charge is -2.06. The Balaban J connectivity index is 2.11. The van der Waals surface area contributed by atoms with Crippen molar-refractivity contribution in [2.75, 3.05) is 0 Å². The van der Waals surface area contributed by atoms with Crippen LogP contribution in [0.4, 0.5) is 13.2 Å². The van der Waals surface area contributed by atoms with Crippen molar-refractivity contribution >= 4 is 0 Å². The Morgan fingerprint density at radius 3 is 2.11 bits per heavy atom. The van der Waals surface area contributed by atoms with Gasteiger partial charge in [0.15, 0.2) is 11.6 Å². The minimum atomic E-state index is -0.786. The van der Waals surface area contributed by atoms with E-state index in [1.807, 2.05) is 0 Å². The van der Waals surface area contributed by atoms with Gasteiger partial charge in [0.25, 0.3) is 0 Å². The van der Waals surface area contributed by atoms with Crippen LogP contribution in [0.1, 0.15) is 16.7 Å². The smallest absolute Gasteiger partial charge is 0.162 e. The highest BCUT2D eigenvalue weighted by Crippen LogP contribution is 2.17. The van der Waals surface area contributed by atoms with E-state index in [0.717, 1.165) is 5.56 Å². The molecular formula is C15H13F3. The Labute approximate surface area is 104 Å². The van der Waals surface area contributed by atoms with E-state index in [1.54, 1.807) is 24.3 Å². The molecule has 0 aliphatic carbocycles. The van der Waals surface area contributed by atoms with Gasteiger partial charge in [-0.25, -0.2) is 13.2 Å². The van der Waals surface area contributed by atoms with E-state index in [9.17, 15) is 13.2 Å². The fraction of sp³-hybridized carbons (Fsp3) is 0.200. The maximum atomic E-state index is 13.6. The maximum Gasteiger partial charge on any atom is 0.162 e. The quantitative estimate of drug-likeness (QED) is 0.766. The number of rotatable bonds is 3. The highest BCUT2D eigenvalue weighted by molar-refractivity contribution is 5.27. The van der Waals surface area contributed by atoms with Crippen molar-refractivity contribution in [2.24, 2.45) is 0 Å². The number of hydrogen-bond donors (Lipinski definition) is 0. The molecular weight excluding hydrogens is 237 g/mol. The molecule has 0 heterocycles. The molecule has 3 heteroatoms. The third-order valence-electron chi connectivity index (χ3n) is 2.95. The lowest BCUT2D eigenvalue weighted by Crippen LogP contribution is -1.99. The molecule has 0 amide bonds. The van der Waals surface area contributed by atoms with Crippen LogP contribution in [-0.2, 0) is 12.8 Å². The Kier molecular flexibility index (Phi) is 3.70. The largest absolute Gasteiger partial charge is 0.207 e. The van der Waals surface area contributed by atoms with Gasteiger partial charge >= 0.3 is 0 Å². The monoisotopic (exact) mass is 250 g/mol. The number of benzene rings is 2. The first-order chi connectivity index (χ1) is 8.58. The van der Waals surface area contributed by atoms with E-state index in [1.165, 1.54) is 19.1 Å². The highest BCUT2D eigenvalue weighted by Gasteiger charge is 2.10. The van der Waals surface area contributed by atoms with Gasteiger partial charge in [0.05, 0.1) is 0 Å². The summed E-state index contributed by atoms with van der Waals surface area (Å²) in [7, 11) is 0. The lowest BCUT2D eigenvalue weighted by atomic mass is 10.0. The first-order valence-electron chi connectivity index (χ1n) is 5.76. The van der Waals surface area contributed by atoms with E-state index in [2.05, 4.69) is 0 Å². The fourth-order valence-corrected chi connectivity index (χ4v) is 1.81. The molecule has 0 saturated heterocycles. The molecule has 0 radical (unpaired) electrons. The molecule has 0 aromatic heterocycles. The molecule has 2 aromatic carbocycles. The Bertz CT molecular complexity index is 544. The SMILES string of the molecule is Cc1ccc(CCc2ccc(F)cc2)c(F)c1F. The van der Waals surface area contributed by atoms with Crippen LogP contribution >= 0.6 is 0 Å². The summed E-state index contributed by atoms with van der Waals surface area (Å²) in [5.74, 6) is -1.87. The van der Waals surface area contributed by atoms with Crippen molar-refractivity contribution in [3.8, 4) is 0 Å². The lowest BCUT2D eigenvalue weighted by molar-refractivity contribution is 0.493. The van der Waals surface area contributed by atoms with Crippen molar-refractivity contribution in [1.29, 1.82) is 0 Å². The molecule has 18 heavy (non-hydrogen) atoms. The molecule has 0 saturated carbocycles. The first-order valence-corrected chi connectivity index (χ1v) is 5.76. The summed E-state index contributed by atoms with van der Waals surface area (Å²) in [5, 5.41) is 0. The molecule has 94 valence electrons. The molecule has 0 N–H and O–H groups in total. The molecule has 0 bridgehead atoms. The second-order valence-electron chi connectivity index (χ2n) is 4.30. The first kappa shape index (κ1) is 12.7. The van der Waals surface area contributed by atoms with Crippen LogP contribution in [-0.4, -0.2) is 0 Å². The summed E-state index contributed by atoms with van der Waals surface area (Å²) in [6, 6.07) is 9.19. The van der Waals surface area contributed by atoms with Crippen molar-refractivity contribution in [3.05, 3.63) is 70.5 Å². The average Bonchev–Trinajstić information content (AvgIpc) is 2.37. The van der Waals surface area contributed by atoms with E-state index in [-0.39, 0.29) is 5.82 Å². The van der Waals surface area contributed by atoms with Gasteiger partial charge in [0.2, 0.25) is 0 Å². The van der Waals surface area contributed by atoms with Gasteiger partial charge in [-0.1, -0.05) is 24.3 Å². The maximum absolute atomic E-state index is 13.6. The Morgan fingerprint density at radius 2 is 1.44 bits per heavy atom. The molecule has 0 aliphatic rings. The predicted octanol–water partition coefficient (Wildman–Crippen LogP) is 4.20. The van der Waals surface area contributed by atoms with Crippen LogP contribution in [0.5, 0.6) is 0 Å². The fourth-order valence-electron chi connectivity index (χ4n) is 1.81. The van der Waals surface area contributed by atoms with Crippen LogP contribution in [0.15, 0.2) is 36.4 Å². The zero-order valence-corrected chi connectivity index (χ0v) is 10.0. The minimum absolute atomic E-state index is 0.300. The highest BCUT2D eigenvalue weighted by atomic mass is 19.2. The zero-order chi connectivity index (χ0) is 13.1. The van der Waals surface area contributed by atoms with Crippen molar-refractivity contribution < 1.29 is 13.2 Å². The standard InChI is InChI=1S/C15H13F3/c1-10-2-6-12(15(18)14(10)17)7-3-11-4-8-13(16)9-5-11/h2,4-6,8-9H,3,7H2,1H3. The van der Waals surface area contributed by atoms with Crippen LogP contribution in [0.2, 0.25) is 0 Å². The second kappa shape index (κ2) is 5.25. The van der Waals surface area contributed by atoms with Gasteiger partial charge in [-0.15, -0.1) is 0 Å². The number of halogens is 3. The average molecular weight is 250 g/mol. The molecule has 0 unspecified atom stereocenters. The van der Waals surface area contributed by atoms with Gasteiger partial charge < -0.3 is 0 Å². The summed E-state index contributed by atoms with van der Waals surface area (Å²) in [6.07, 6.45) is 0.953. The summed E-state index contributed by atoms with van der Waals surface area (Å²) in [4.78, 5) is 0. The van der Waals surface area contributed by atoms with Crippen LogP contribution in [0.25, 0.3) is 0 Å². The summed E-state index contributed by atoms with van der Waals surface area (Å²) in [5.41, 5.74) is 1.55. The van der Waals surface area contributed by atoms with E-state index in [0.29, 0.717) is 24.0 Å². The third kappa shape index (κ3) is 2.73. The topological polar surface area (TPSA) is 0 Å². The summed E-state index contributed by atoms with van der Waals surface area (Å²) in [6.45, 7) is 1.53. The predicted molar refractivity (Wildman–Crippen MR) is 64.9 cm³/mol. The van der Waals surface area contributed by atoms with Crippen LogP contribution in [0.3, 0.4) is 0 Å². The zero-order valence-electron chi connectivity index (χ0n) is 10.0. The molecule has 0 spiro atoms. The van der Waals surface area contributed by atoms with Crippen LogP contribution in [0, 0.1) is 24.4 Å². The Hall–Kier alpha value is -1.77. The van der Waals surface area contributed by atoms with Gasteiger partial charge in [0, 0.05) is 0 Å². The van der Waals surface area contributed by atoms with Gasteiger partial charge in [0.1, 0.15) is 5.82 Å². The summed E-state index contributed by atoms with van der Waals surface area (Å²) >= 11 is 0.